The molecule has 2 amide bonds. The maximum absolute atomic E-state index is 13.1. The molecule has 2 heterocycles. The number of carbonyl (C=O) groups is 2. The molecule has 2 saturated heterocycles. The Labute approximate surface area is 184 Å². The number of rotatable bonds is 8. The summed E-state index contributed by atoms with van der Waals surface area (Å²) in [6.07, 6.45) is 2.23. The third-order valence-corrected chi connectivity index (χ3v) is 6.10. The summed E-state index contributed by atoms with van der Waals surface area (Å²) >= 11 is 0. The highest BCUT2D eigenvalue weighted by Crippen LogP contribution is 2.28. The van der Waals surface area contributed by atoms with Gasteiger partial charge in [-0.3, -0.25) is 14.5 Å². The minimum absolute atomic E-state index is 0.107. The van der Waals surface area contributed by atoms with Crippen LogP contribution in [-0.4, -0.2) is 67.0 Å². The summed E-state index contributed by atoms with van der Waals surface area (Å²) in [7, 11) is 0. The molecule has 0 unspecified atom stereocenters. The van der Waals surface area contributed by atoms with Crippen LogP contribution >= 0.6 is 0 Å². The van der Waals surface area contributed by atoms with Crippen molar-refractivity contribution >= 4 is 17.5 Å². The fourth-order valence-corrected chi connectivity index (χ4v) is 4.31. The van der Waals surface area contributed by atoms with E-state index in [0.717, 1.165) is 51.3 Å². The lowest BCUT2D eigenvalue weighted by atomic mass is 10.1. The maximum Gasteiger partial charge on any atom is 0.251 e. The van der Waals surface area contributed by atoms with E-state index in [1.807, 2.05) is 18.2 Å². The van der Waals surface area contributed by atoms with Gasteiger partial charge >= 0.3 is 0 Å². The fraction of sp³-hybridized carbons (Fsp3) is 0.440. The van der Waals surface area contributed by atoms with E-state index in [1.165, 1.54) is 10.5 Å². The number of imide groups is 1. The molecule has 0 radical (unpaired) electrons. The van der Waals surface area contributed by atoms with E-state index < -0.39 is 0 Å². The first-order valence-electron chi connectivity index (χ1n) is 11.3. The maximum atomic E-state index is 13.1. The molecule has 2 aliphatic heterocycles. The fourth-order valence-electron chi connectivity index (χ4n) is 4.31. The van der Waals surface area contributed by atoms with E-state index in [4.69, 9.17) is 4.74 Å². The van der Waals surface area contributed by atoms with Gasteiger partial charge in [0.05, 0.1) is 24.8 Å². The molecular formula is C25H31N3O3. The molecule has 0 saturated carbocycles. The van der Waals surface area contributed by atoms with Crippen molar-refractivity contribution in [1.82, 2.24) is 9.80 Å². The predicted octanol–water partition coefficient (Wildman–Crippen LogP) is 2.97. The van der Waals surface area contributed by atoms with Gasteiger partial charge in [0, 0.05) is 32.7 Å². The first-order chi connectivity index (χ1) is 15.2. The number of anilines is 1. The molecule has 2 aliphatic rings. The number of carbonyl (C=O) groups excluding carboxylic acids is 2. The highest BCUT2D eigenvalue weighted by atomic mass is 16.5. The van der Waals surface area contributed by atoms with Crippen molar-refractivity contribution in [3.05, 3.63) is 60.2 Å². The molecular weight excluding hydrogens is 390 g/mol. The van der Waals surface area contributed by atoms with E-state index in [0.29, 0.717) is 12.3 Å². The summed E-state index contributed by atoms with van der Waals surface area (Å²) in [5.74, 6) is 0.529. The Hall–Kier alpha value is -2.70. The molecule has 2 aromatic rings. The van der Waals surface area contributed by atoms with Crippen molar-refractivity contribution in [3.63, 3.8) is 0 Å². The molecule has 164 valence electrons. The minimum Gasteiger partial charge on any atom is -0.494 e. The quantitative estimate of drug-likeness (QED) is 0.614. The van der Waals surface area contributed by atoms with Crippen LogP contribution in [0.2, 0.25) is 0 Å². The Bertz CT molecular complexity index is 877. The number of benzene rings is 2. The summed E-state index contributed by atoms with van der Waals surface area (Å²) < 4.78 is 5.60. The molecule has 0 N–H and O–H groups in total. The summed E-state index contributed by atoms with van der Waals surface area (Å²) in [5.41, 5.74) is 1.98. The molecule has 0 aliphatic carbocycles. The number of hydrogen-bond acceptors (Lipinski definition) is 5. The van der Waals surface area contributed by atoms with E-state index in [9.17, 15) is 9.59 Å². The topological polar surface area (TPSA) is 53.1 Å². The van der Waals surface area contributed by atoms with Crippen LogP contribution in [0, 0.1) is 0 Å². The van der Waals surface area contributed by atoms with Crippen LogP contribution in [0.15, 0.2) is 54.6 Å². The van der Waals surface area contributed by atoms with Crippen molar-refractivity contribution in [2.75, 3.05) is 44.2 Å². The third-order valence-electron chi connectivity index (χ3n) is 6.10. The van der Waals surface area contributed by atoms with Crippen molar-refractivity contribution in [2.45, 2.75) is 32.2 Å². The zero-order valence-corrected chi connectivity index (χ0v) is 18.2. The summed E-state index contributed by atoms with van der Waals surface area (Å²) in [5, 5.41) is 0. The van der Waals surface area contributed by atoms with Crippen LogP contribution in [0.25, 0.3) is 0 Å². The third kappa shape index (κ3) is 5.14. The van der Waals surface area contributed by atoms with Crippen LogP contribution < -0.4 is 9.64 Å². The smallest absolute Gasteiger partial charge is 0.251 e. The van der Waals surface area contributed by atoms with Gasteiger partial charge < -0.3 is 9.64 Å². The van der Waals surface area contributed by atoms with Crippen molar-refractivity contribution < 1.29 is 14.3 Å². The first kappa shape index (κ1) is 21.5. The van der Waals surface area contributed by atoms with E-state index in [-0.39, 0.29) is 24.3 Å². The van der Waals surface area contributed by atoms with Crippen LogP contribution in [0.1, 0.15) is 25.3 Å². The lowest BCUT2D eigenvalue weighted by molar-refractivity contribution is -0.123. The van der Waals surface area contributed by atoms with Crippen molar-refractivity contribution in [2.24, 2.45) is 0 Å². The predicted molar refractivity (Wildman–Crippen MR) is 121 cm³/mol. The summed E-state index contributed by atoms with van der Waals surface area (Å²) in [6, 6.07) is 17.4. The molecule has 0 spiro atoms. The molecule has 2 fully saturated rings. The molecule has 0 aromatic heterocycles. The van der Waals surface area contributed by atoms with E-state index >= 15 is 0 Å². The molecule has 1 atom stereocenters. The highest BCUT2D eigenvalue weighted by Gasteiger charge is 2.43. The zero-order valence-electron chi connectivity index (χ0n) is 18.2. The Morgan fingerprint density at radius 2 is 1.65 bits per heavy atom. The van der Waals surface area contributed by atoms with Gasteiger partial charge in [0.2, 0.25) is 5.91 Å². The first-order valence-corrected chi connectivity index (χ1v) is 11.3. The number of piperazine rings is 1. The average molecular weight is 422 g/mol. The van der Waals surface area contributed by atoms with Crippen molar-refractivity contribution in [3.8, 4) is 5.75 Å². The molecule has 2 aromatic carbocycles. The number of nitrogens with zero attached hydrogens (tertiary/aromatic N) is 3. The summed E-state index contributed by atoms with van der Waals surface area (Å²) in [4.78, 5) is 31.7. The molecule has 31 heavy (non-hydrogen) atoms. The van der Waals surface area contributed by atoms with Gasteiger partial charge in [0.25, 0.3) is 5.91 Å². The Morgan fingerprint density at radius 1 is 0.935 bits per heavy atom. The number of amides is 2. The van der Waals surface area contributed by atoms with Gasteiger partial charge in [-0.1, -0.05) is 37.3 Å². The average Bonchev–Trinajstić information content (AvgIpc) is 3.11. The monoisotopic (exact) mass is 421 g/mol. The van der Waals surface area contributed by atoms with Gasteiger partial charge in [-0.05, 0) is 42.7 Å². The normalized spacial score (nSPS) is 20.4. The Morgan fingerprint density at radius 3 is 2.32 bits per heavy atom. The molecule has 0 bridgehead atoms. The SMILES string of the molecule is CCCOc1ccc(N2C(=O)C[C@H](N3CCN(CCc4ccccc4)CC3)C2=O)cc1. The number of hydrogen-bond donors (Lipinski definition) is 0. The van der Waals surface area contributed by atoms with E-state index in [1.54, 1.807) is 12.1 Å². The van der Waals surface area contributed by atoms with Crippen LogP contribution in [0.4, 0.5) is 5.69 Å². The lowest BCUT2D eigenvalue weighted by Gasteiger charge is -2.37. The van der Waals surface area contributed by atoms with Gasteiger partial charge in [0.1, 0.15) is 5.75 Å². The second kappa shape index (κ2) is 10.1. The second-order valence-electron chi connectivity index (χ2n) is 8.24. The Kier molecular flexibility index (Phi) is 6.99. The van der Waals surface area contributed by atoms with Gasteiger partial charge in [-0.15, -0.1) is 0 Å². The van der Waals surface area contributed by atoms with Gasteiger partial charge in [0.15, 0.2) is 0 Å². The van der Waals surface area contributed by atoms with Crippen LogP contribution in [0.3, 0.4) is 0 Å². The minimum atomic E-state index is -0.347. The highest BCUT2D eigenvalue weighted by molar-refractivity contribution is 6.22. The van der Waals surface area contributed by atoms with Gasteiger partial charge in [-0.25, -0.2) is 4.90 Å². The molecule has 6 nitrogen and oxygen atoms in total. The standard InChI is InChI=1S/C25H31N3O3/c1-2-18-31-22-10-8-21(9-11-22)28-24(29)19-23(25(28)30)27-16-14-26(15-17-27)13-12-20-6-4-3-5-7-20/h3-11,23H,2,12-19H2,1H3/t23-/m0/s1. The molecule has 4 rings (SSSR count). The lowest BCUT2D eigenvalue weighted by Crippen LogP contribution is -2.52. The van der Waals surface area contributed by atoms with Crippen LogP contribution in [-0.2, 0) is 16.0 Å². The zero-order chi connectivity index (χ0) is 21.6. The largest absolute Gasteiger partial charge is 0.494 e. The van der Waals surface area contributed by atoms with Gasteiger partial charge in [-0.2, -0.15) is 0 Å². The second-order valence-corrected chi connectivity index (χ2v) is 8.24. The van der Waals surface area contributed by atoms with E-state index in [2.05, 4.69) is 41.0 Å². The molecule has 6 heteroatoms. The van der Waals surface area contributed by atoms with Crippen LogP contribution in [0.5, 0.6) is 5.75 Å². The number of ether oxygens (including phenoxy) is 1. The van der Waals surface area contributed by atoms with Crippen molar-refractivity contribution in [1.29, 1.82) is 0 Å². The summed E-state index contributed by atoms with van der Waals surface area (Å²) in [6.45, 7) is 7.21. The Balaban J connectivity index is 1.31.